The van der Waals surface area contributed by atoms with Crippen LogP contribution in [0.1, 0.15) is 139 Å². The van der Waals surface area contributed by atoms with E-state index in [1.54, 1.807) is 72.8 Å². The van der Waals surface area contributed by atoms with Crippen LogP contribution in [0.2, 0.25) is 0 Å². The highest BCUT2D eigenvalue weighted by molar-refractivity contribution is 7.98. The molecule has 9 rings (SSSR count). The van der Waals surface area contributed by atoms with Gasteiger partial charge in [0, 0.05) is 50.4 Å². The molecule has 3 aliphatic heterocycles. The molecule has 0 saturated carbocycles. The minimum atomic E-state index is -2.62. The number of rotatable bonds is 38. The van der Waals surface area contributed by atoms with E-state index in [0.717, 1.165) is 78.6 Å². The molecule has 20 N–H and O–H groups in total. The minimum Gasteiger partial charge on any atom is -0.506 e. The van der Waals surface area contributed by atoms with Gasteiger partial charge in [-0.3, -0.25) is 57.5 Å². The number of phenols is 1. The molecule has 37 nitrogen and oxygen atoms in total. The fourth-order valence-corrected chi connectivity index (χ4v) is 16.0. The zero-order chi connectivity index (χ0) is 95.3. The van der Waals surface area contributed by atoms with Crippen LogP contribution in [0.3, 0.4) is 0 Å². The number of nitrogens with zero attached hydrogens (tertiary/aromatic N) is 2. The molecule has 0 bridgehead atoms. The van der Waals surface area contributed by atoms with Crippen molar-refractivity contribution < 1.29 is 118 Å². The van der Waals surface area contributed by atoms with Crippen LogP contribution in [-0.4, -0.2) is 275 Å². The second kappa shape index (κ2) is 49.8. The average Bonchev–Trinajstić information content (AvgIpc) is 1.56. The Balaban J connectivity index is 0.949. The van der Waals surface area contributed by atoms with Gasteiger partial charge < -0.3 is 124 Å². The zero-order valence-corrected chi connectivity index (χ0v) is 74.8. The molecule has 0 spiro atoms. The Morgan fingerprint density at radius 3 is 1.77 bits per heavy atom. The van der Waals surface area contributed by atoms with Gasteiger partial charge in [-0.1, -0.05) is 156 Å². The highest BCUT2D eigenvalue weighted by Crippen LogP contribution is 2.33. The molecule has 131 heavy (non-hydrogen) atoms. The largest absolute Gasteiger partial charge is 0.506 e. The van der Waals surface area contributed by atoms with Gasteiger partial charge in [0.05, 0.1) is 36.7 Å². The molecule has 13 amide bonds. The standard InChI is InChI=1S/C93H121N13O24S/c1-8-9-18-40-129-64-35-32-60(33-36-64)58-26-24-57(25-27-58)59-28-30-61(31-29-59)81(116)97-70-46-73(112)88(123)104-90(125)77-78(113)52(4)47-106(77)92(127)75(54(6)109)102-89(124)76(103-87(122)71-45-63(110)48-105(71)91(126)74(53(5)108)101-86(70)121)80(115)79(114)62-34-37-72(111)67(44-62)96-84(119)66(100-93(128)130-49-56-21-14-11-15-22-56)23-16-17-39-94-82(117)69(43-55-19-12-10-13-20-55)99-85(120)68(42-51(2)3)98-83(118)65(95-50-107)38-41-131-7/h10-15,19-22,24-37,44,50-54,63,65-66,68-71,73-80,88,108-115,123H,8-9,16-18,23,38-43,45-49H2,1-7H3,(H,94,117)(H,95,107)(H,96,119)(H,97,116)(H,98,118)(H,99,120)(H,100,128)(H,101,121)(H,102,124)(H,103,122)(H,104,125)/t52-,53+,54+,63+,65-,66-,68-,69-,70-,71-,73+,74-,75-,76-,77-,78-,79-,80-,88+/m0/s1. The number of aromatic hydroxyl groups is 1. The van der Waals surface area contributed by atoms with Crippen LogP contribution in [0.5, 0.6) is 11.5 Å². The number of aliphatic hydroxyl groups excluding tert-OH is 8. The van der Waals surface area contributed by atoms with E-state index in [9.17, 15) is 98.7 Å². The Morgan fingerprint density at radius 2 is 1.17 bits per heavy atom. The van der Waals surface area contributed by atoms with Gasteiger partial charge in [-0.25, -0.2) is 4.79 Å². The number of alkyl carbamates (subject to hydrolysis) is 1. The van der Waals surface area contributed by atoms with Crippen molar-refractivity contribution in [3.63, 3.8) is 0 Å². The Morgan fingerprint density at radius 1 is 0.588 bits per heavy atom. The van der Waals surface area contributed by atoms with Gasteiger partial charge in [0.15, 0.2) is 6.23 Å². The van der Waals surface area contributed by atoms with Crippen LogP contribution in [0, 0.1) is 11.8 Å². The van der Waals surface area contributed by atoms with E-state index < -0.39 is 229 Å². The topological polar surface area (TPSA) is 561 Å². The van der Waals surface area contributed by atoms with Gasteiger partial charge in [0.2, 0.25) is 65.5 Å². The Hall–Kier alpha value is -12.1. The quantitative estimate of drug-likeness (QED) is 0.0149. The van der Waals surface area contributed by atoms with Gasteiger partial charge in [0.25, 0.3) is 5.91 Å². The predicted molar refractivity (Wildman–Crippen MR) is 482 cm³/mol. The number of nitrogens with one attached hydrogen (secondary N) is 11. The van der Waals surface area contributed by atoms with Gasteiger partial charge >= 0.3 is 6.09 Å². The van der Waals surface area contributed by atoms with Gasteiger partial charge in [-0.2, -0.15) is 11.8 Å². The first-order valence-electron chi connectivity index (χ1n) is 43.8. The van der Waals surface area contributed by atoms with Crippen molar-refractivity contribution in [3.05, 3.63) is 174 Å². The number of hydrogen-bond acceptors (Lipinski definition) is 25. The van der Waals surface area contributed by atoms with Crippen molar-refractivity contribution in [1.82, 2.24) is 63.0 Å². The lowest BCUT2D eigenvalue weighted by Gasteiger charge is -2.34. The number of hydrogen-bond donors (Lipinski definition) is 20. The lowest BCUT2D eigenvalue weighted by Crippen LogP contribution is -2.64. The van der Waals surface area contributed by atoms with Crippen molar-refractivity contribution in [2.75, 3.05) is 43.6 Å². The minimum absolute atomic E-state index is 0.0185. The molecule has 3 saturated heterocycles. The summed E-state index contributed by atoms with van der Waals surface area (Å²) in [5, 5.41) is 132. The molecule has 0 radical (unpaired) electrons. The number of anilines is 1. The lowest BCUT2D eigenvalue weighted by molar-refractivity contribution is -0.148. The molecule has 3 fully saturated rings. The van der Waals surface area contributed by atoms with Crippen LogP contribution in [-0.2, 0) is 70.5 Å². The van der Waals surface area contributed by atoms with Crippen LogP contribution < -0.4 is 63.2 Å². The lowest BCUT2D eigenvalue weighted by atomic mass is 9.96. The third-order valence-corrected chi connectivity index (χ3v) is 23.6. The van der Waals surface area contributed by atoms with Crippen LogP contribution in [0.25, 0.3) is 22.3 Å². The molecule has 3 heterocycles. The third kappa shape index (κ3) is 29.2. The third-order valence-electron chi connectivity index (χ3n) is 22.9. The van der Waals surface area contributed by atoms with Crippen LogP contribution in [0.15, 0.2) is 152 Å². The number of phenolic OH excluding ortho intramolecular Hbond substituents is 1. The fraction of sp³-hybridized carbons (Fsp3) is 0.473. The summed E-state index contributed by atoms with van der Waals surface area (Å²) < 4.78 is 11.3. The fourth-order valence-electron chi connectivity index (χ4n) is 15.5. The maximum atomic E-state index is 15.1. The second-order valence-corrected chi connectivity index (χ2v) is 34.5. The monoisotopic (exact) mass is 1840 g/mol. The molecule has 0 unspecified atom stereocenters. The van der Waals surface area contributed by atoms with E-state index in [4.69, 9.17) is 9.47 Å². The summed E-state index contributed by atoms with van der Waals surface area (Å²) in [5.41, 5.74) is 3.57. The number of ether oxygens (including phenoxy) is 2. The first-order valence-corrected chi connectivity index (χ1v) is 45.2. The van der Waals surface area contributed by atoms with Crippen molar-refractivity contribution in [3.8, 4) is 33.8 Å². The van der Waals surface area contributed by atoms with E-state index in [1.807, 2.05) is 68.6 Å². The Kier molecular flexibility index (Phi) is 39.0. The number of thioether (sulfide) groups is 1. The molecule has 3 aliphatic rings. The van der Waals surface area contributed by atoms with E-state index in [1.165, 1.54) is 30.8 Å². The summed E-state index contributed by atoms with van der Waals surface area (Å²) in [5.74, 6) is -12.5. The van der Waals surface area contributed by atoms with Crippen molar-refractivity contribution >= 4 is 94.9 Å². The van der Waals surface area contributed by atoms with Gasteiger partial charge in [-0.15, -0.1) is 0 Å². The summed E-state index contributed by atoms with van der Waals surface area (Å²) in [4.78, 5) is 187. The van der Waals surface area contributed by atoms with E-state index in [-0.39, 0.29) is 63.2 Å². The number of carbonyl (C=O) groups is 13. The number of fused-ring (bicyclic) bond motifs is 2. The van der Waals surface area contributed by atoms with Gasteiger partial charge in [0.1, 0.15) is 96.8 Å². The molecule has 708 valence electrons. The predicted octanol–water partition coefficient (Wildman–Crippen LogP) is 1.72. The van der Waals surface area contributed by atoms with Gasteiger partial charge in [-0.05, 0) is 146 Å². The smallest absolute Gasteiger partial charge is 0.408 e. The second-order valence-electron chi connectivity index (χ2n) is 33.6. The molecular weight excluding hydrogens is 1720 g/mol. The molecule has 19 atom stereocenters. The highest BCUT2D eigenvalue weighted by atomic mass is 32.2. The Bertz CT molecular complexity index is 4850. The zero-order valence-electron chi connectivity index (χ0n) is 74.0. The first-order chi connectivity index (χ1) is 62.6. The molecule has 6 aromatic rings. The van der Waals surface area contributed by atoms with Crippen molar-refractivity contribution in [2.24, 2.45) is 11.8 Å². The number of carbonyl (C=O) groups excluding carboxylic acids is 13. The van der Waals surface area contributed by atoms with E-state index in [0.29, 0.717) is 40.4 Å². The summed E-state index contributed by atoms with van der Waals surface area (Å²) >= 11 is 1.46. The van der Waals surface area contributed by atoms with Crippen molar-refractivity contribution in [2.45, 2.75) is 228 Å². The highest BCUT2D eigenvalue weighted by Gasteiger charge is 2.51. The normalized spacial score (nSPS) is 22.3. The summed E-state index contributed by atoms with van der Waals surface area (Å²) in [6, 6.07) is 24.2. The molecule has 6 aromatic carbocycles. The number of benzene rings is 6. The maximum Gasteiger partial charge on any atom is 0.408 e. The SMILES string of the molecule is CCCCCOc1ccc(-c2ccc(-c3ccc(C(=O)N[C@H]4C[C@@H](O)[C@@H](O)NC(=O)[C@@H]5[C@@H](O)[C@@H](C)CN5C(=O)[C@H]([C@@H](C)O)NC(=O)[C@H]([C@H](O)[C@@H](O)c5ccc(O)c(NC(=O)[C@H](CCCCNC(=O)[C@H](Cc6ccccc6)NC(=O)[C@H](CC(C)C)NC(=O)[C@H](CCSC)NC=O)NC(=O)OCc6ccccc6)c5)NC(=O)[C@@H]5C[C@@H](O)CN5C(=O)[C@H]([C@@H](C)O)NC4=O)cc3)cc2)cc1. The maximum absolute atomic E-state index is 15.1. The number of amides is 13. The van der Waals surface area contributed by atoms with Crippen molar-refractivity contribution in [1.29, 1.82) is 0 Å². The van der Waals surface area contributed by atoms with Crippen LogP contribution in [0.4, 0.5) is 10.5 Å². The summed E-state index contributed by atoms with van der Waals surface area (Å²) in [6.45, 7) is 8.44. The van der Waals surface area contributed by atoms with Crippen LogP contribution >= 0.6 is 11.8 Å². The molecular formula is C93H121N13O24S. The molecule has 0 aromatic heterocycles. The van der Waals surface area contributed by atoms with E-state index in [2.05, 4.69) is 65.4 Å². The van der Waals surface area contributed by atoms with E-state index >= 15 is 9.59 Å². The summed E-state index contributed by atoms with van der Waals surface area (Å²) in [7, 11) is 0. The first kappa shape index (κ1) is 103. The molecule has 0 aliphatic carbocycles. The number of aliphatic hydroxyl groups is 8. The number of unbranched alkanes of at least 4 members (excludes halogenated alkanes) is 3. The Labute approximate surface area is 763 Å². The molecule has 38 heteroatoms. The summed E-state index contributed by atoms with van der Waals surface area (Å²) in [6.07, 6.45) is -13.7. The average molecular weight is 1840 g/mol.